The molecule has 1 saturated heterocycles. The summed E-state index contributed by atoms with van der Waals surface area (Å²) in [5.41, 5.74) is 1.85. The summed E-state index contributed by atoms with van der Waals surface area (Å²) in [5, 5.41) is 4.33. The topological polar surface area (TPSA) is 94.6 Å². The zero-order valence-electron chi connectivity index (χ0n) is 16.8. The van der Waals surface area contributed by atoms with Gasteiger partial charge in [-0.2, -0.15) is 5.01 Å². The van der Waals surface area contributed by atoms with Gasteiger partial charge in [-0.05, 0) is 32.4 Å². The summed E-state index contributed by atoms with van der Waals surface area (Å²) in [4.78, 5) is 46.0. The number of benzene rings is 1. The number of aromatic nitrogens is 1. The van der Waals surface area contributed by atoms with E-state index in [-0.39, 0.29) is 0 Å². The predicted octanol–water partition coefficient (Wildman–Crippen LogP) is 3.32. The highest BCUT2D eigenvalue weighted by Gasteiger charge is 2.50. The molecule has 1 aromatic carbocycles. The van der Waals surface area contributed by atoms with Gasteiger partial charge in [-0.15, -0.1) is 11.3 Å². The number of imide groups is 1. The largest absolute Gasteiger partial charge is 0.349 e. The lowest BCUT2D eigenvalue weighted by atomic mass is 9.92. The van der Waals surface area contributed by atoms with E-state index in [1.807, 2.05) is 6.07 Å². The molecule has 4 amide bonds. The fraction of sp³-hybridized carbons (Fsp3) is 0.300. The molecule has 3 aromatic rings. The van der Waals surface area contributed by atoms with Crippen molar-refractivity contribution in [3.63, 3.8) is 0 Å². The first-order chi connectivity index (χ1) is 14.4. The third-order valence-corrected chi connectivity index (χ3v) is 7.31. The average molecular weight is 444 g/mol. The Bertz CT molecular complexity index is 1090. The van der Waals surface area contributed by atoms with E-state index in [4.69, 9.17) is 0 Å². The summed E-state index contributed by atoms with van der Waals surface area (Å²) in [6.07, 6.45) is 0. The zero-order valence-corrected chi connectivity index (χ0v) is 18.4. The number of hydrazine groups is 1. The number of thiophene rings is 1. The molecule has 1 aliphatic heterocycles. The molecule has 0 bridgehead atoms. The Morgan fingerprint density at radius 3 is 2.53 bits per heavy atom. The second kappa shape index (κ2) is 7.69. The summed E-state index contributed by atoms with van der Waals surface area (Å²) in [5.74, 6) is -1.05. The van der Waals surface area contributed by atoms with E-state index in [0.717, 1.165) is 32.8 Å². The Morgan fingerprint density at radius 2 is 1.90 bits per heavy atom. The highest BCUT2D eigenvalue weighted by molar-refractivity contribution is 7.29. The van der Waals surface area contributed by atoms with Crippen LogP contribution in [0.25, 0.3) is 9.53 Å². The molecule has 156 valence electrons. The molecule has 10 heteroatoms. The normalized spacial score (nSPS) is 18.7. The molecular formula is C20H21N5O3S2. The van der Waals surface area contributed by atoms with Gasteiger partial charge in [-0.25, -0.2) is 9.78 Å². The van der Waals surface area contributed by atoms with E-state index < -0.39 is 23.4 Å². The Hall–Kier alpha value is -2.98. The monoisotopic (exact) mass is 443 g/mol. The molecule has 4 rings (SSSR count). The highest BCUT2D eigenvalue weighted by Crippen LogP contribution is 2.35. The Kier molecular flexibility index (Phi) is 5.20. The van der Waals surface area contributed by atoms with Crippen molar-refractivity contribution in [3.05, 3.63) is 46.8 Å². The first-order valence-electron chi connectivity index (χ1n) is 9.56. The van der Waals surface area contributed by atoms with Crippen molar-refractivity contribution in [1.82, 2.24) is 20.7 Å². The second-order valence-electron chi connectivity index (χ2n) is 6.95. The third kappa shape index (κ3) is 3.31. The summed E-state index contributed by atoms with van der Waals surface area (Å²) >= 11 is 2.76. The number of nitrogens with zero attached hydrogens (tertiary/aromatic N) is 3. The highest BCUT2D eigenvalue weighted by atomic mass is 32.1. The molecular weight excluding hydrogens is 422 g/mol. The minimum absolute atomic E-state index is 0.392. The number of urea groups is 1. The van der Waals surface area contributed by atoms with Crippen LogP contribution in [-0.4, -0.2) is 40.9 Å². The number of amides is 4. The van der Waals surface area contributed by atoms with Crippen molar-refractivity contribution in [3.8, 4) is 0 Å². The van der Waals surface area contributed by atoms with Crippen LogP contribution in [0.1, 0.15) is 36.0 Å². The van der Waals surface area contributed by atoms with E-state index in [2.05, 4.69) is 34.5 Å². The van der Waals surface area contributed by atoms with Gasteiger partial charge in [-0.1, -0.05) is 41.7 Å². The van der Waals surface area contributed by atoms with Crippen LogP contribution in [0, 0.1) is 0 Å². The van der Waals surface area contributed by atoms with Crippen molar-refractivity contribution in [2.24, 2.45) is 0 Å². The van der Waals surface area contributed by atoms with E-state index >= 15 is 0 Å². The van der Waals surface area contributed by atoms with Crippen molar-refractivity contribution >= 4 is 55.2 Å². The van der Waals surface area contributed by atoms with E-state index in [0.29, 0.717) is 10.4 Å². The van der Waals surface area contributed by atoms with Gasteiger partial charge in [0, 0.05) is 13.1 Å². The Balaban J connectivity index is 1.53. The maximum Gasteiger partial charge on any atom is 0.344 e. The van der Waals surface area contributed by atoms with Crippen molar-refractivity contribution < 1.29 is 14.4 Å². The number of carbonyl (C=O) groups is 3. The first-order valence-corrected chi connectivity index (χ1v) is 11.2. The van der Waals surface area contributed by atoms with Crippen LogP contribution in [-0.2, 0) is 10.3 Å². The van der Waals surface area contributed by atoms with Gasteiger partial charge >= 0.3 is 6.03 Å². The number of fused-ring (bicyclic) bond motifs is 1. The molecule has 1 unspecified atom stereocenters. The number of anilines is 1. The van der Waals surface area contributed by atoms with Crippen molar-refractivity contribution in [2.75, 3.05) is 18.0 Å². The van der Waals surface area contributed by atoms with Gasteiger partial charge in [0.25, 0.3) is 11.8 Å². The number of hydrogen-bond donors (Lipinski definition) is 2. The van der Waals surface area contributed by atoms with Gasteiger partial charge in [0.2, 0.25) is 0 Å². The first kappa shape index (κ1) is 20.3. The Morgan fingerprint density at radius 1 is 1.20 bits per heavy atom. The summed E-state index contributed by atoms with van der Waals surface area (Å²) in [6, 6.07) is 10.0. The van der Waals surface area contributed by atoms with Gasteiger partial charge in [-0.3, -0.25) is 15.0 Å². The lowest BCUT2D eigenvalue weighted by Gasteiger charge is -2.21. The van der Waals surface area contributed by atoms with E-state index in [1.54, 1.807) is 37.3 Å². The maximum atomic E-state index is 12.9. The quantitative estimate of drug-likeness (QED) is 0.570. The fourth-order valence-corrected chi connectivity index (χ4v) is 5.56. The molecule has 1 aliphatic rings. The van der Waals surface area contributed by atoms with Crippen molar-refractivity contribution in [1.29, 1.82) is 0 Å². The number of nitrogens with one attached hydrogen (secondary N) is 2. The molecule has 3 heterocycles. The Labute approximate surface area is 181 Å². The van der Waals surface area contributed by atoms with Crippen LogP contribution in [0.15, 0.2) is 36.4 Å². The van der Waals surface area contributed by atoms with Crippen LogP contribution in [0.4, 0.5) is 9.93 Å². The lowest BCUT2D eigenvalue weighted by Crippen LogP contribution is -2.47. The summed E-state index contributed by atoms with van der Waals surface area (Å²) < 4.78 is 0.901. The van der Waals surface area contributed by atoms with Crippen LogP contribution in [0.2, 0.25) is 0 Å². The van der Waals surface area contributed by atoms with Gasteiger partial charge < -0.3 is 10.2 Å². The standard InChI is InChI=1S/C20H21N5O3S2/c1-4-24(5-2)19-21-16-14(30-19)11-13(29-16)15(26)23-25-17(27)20(3,22-18(25)28)12-9-7-6-8-10-12/h6-11H,4-5H2,1-3H3,(H,22,28)(H,23,26). The van der Waals surface area contributed by atoms with Crippen molar-refractivity contribution in [2.45, 2.75) is 26.3 Å². The molecule has 8 nitrogen and oxygen atoms in total. The number of carbonyl (C=O) groups excluding carboxylic acids is 3. The third-order valence-electron chi connectivity index (χ3n) is 5.09. The molecule has 0 saturated carbocycles. The predicted molar refractivity (Wildman–Crippen MR) is 118 cm³/mol. The fourth-order valence-electron chi connectivity index (χ4n) is 3.33. The molecule has 30 heavy (non-hydrogen) atoms. The van der Waals surface area contributed by atoms with Crippen LogP contribution < -0.4 is 15.6 Å². The minimum atomic E-state index is -1.23. The molecule has 0 radical (unpaired) electrons. The van der Waals surface area contributed by atoms with Gasteiger partial charge in [0.15, 0.2) is 5.13 Å². The van der Waals surface area contributed by atoms with Crippen LogP contribution in [0.3, 0.4) is 0 Å². The molecule has 1 fully saturated rings. The minimum Gasteiger partial charge on any atom is -0.349 e. The number of rotatable bonds is 6. The van der Waals surface area contributed by atoms with E-state index in [1.165, 1.54) is 22.7 Å². The van der Waals surface area contributed by atoms with Gasteiger partial charge in [0.1, 0.15) is 10.4 Å². The summed E-state index contributed by atoms with van der Waals surface area (Å²) in [6.45, 7) is 7.47. The SMILES string of the molecule is CCN(CC)c1nc2sc(C(=O)NN3C(=O)NC(C)(c4ccccc4)C3=O)cc2s1. The maximum absolute atomic E-state index is 12.9. The summed E-state index contributed by atoms with van der Waals surface area (Å²) in [7, 11) is 0. The lowest BCUT2D eigenvalue weighted by molar-refractivity contribution is -0.132. The molecule has 2 N–H and O–H groups in total. The number of thiazole rings is 1. The smallest absolute Gasteiger partial charge is 0.344 e. The molecule has 2 aromatic heterocycles. The molecule has 1 atom stereocenters. The zero-order chi connectivity index (χ0) is 21.5. The van der Waals surface area contributed by atoms with E-state index in [9.17, 15) is 14.4 Å². The molecule has 0 aliphatic carbocycles. The van der Waals surface area contributed by atoms with Gasteiger partial charge in [0.05, 0.1) is 9.58 Å². The molecule has 0 spiro atoms. The number of hydrogen-bond acceptors (Lipinski definition) is 7. The average Bonchev–Trinajstić information content (AvgIpc) is 3.37. The van der Waals surface area contributed by atoms with Crippen LogP contribution in [0.5, 0.6) is 0 Å². The van der Waals surface area contributed by atoms with Crippen LogP contribution >= 0.6 is 22.7 Å². The second-order valence-corrected chi connectivity index (χ2v) is 8.99.